The lowest BCUT2D eigenvalue weighted by Crippen LogP contribution is -2.48. The van der Waals surface area contributed by atoms with Crippen LogP contribution in [0.4, 0.5) is 0 Å². The summed E-state index contributed by atoms with van der Waals surface area (Å²) in [5.74, 6) is 0. The van der Waals surface area contributed by atoms with Gasteiger partial charge in [-0.1, -0.05) is 31.2 Å². The summed E-state index contributed by atoms with van der Waals surface area (Å²) in [6.07, 6.45) is 2.09. The van der Waals surface area contributed by atoms with Gasteiger partial charge in [-0.3, -0.25) is 0 Å². The Balaban J connectivity index is 1.70. The minimum Gasteiger partial charge on any atom is -0.378 e. The minimum atomic E-state index is -0.272. The minimum absolute atomic E-state index is 0.272. The quantitative estimate of drug-likeness (QED) is 0.778. The Hall–Kier alpha value is -1.37. The highest BCUT2D eigenvalue weighted by atomic mass is 16.5. The molecule has 3 heteroatoms. The molecule has 0 saturated carbocycles. The van der Waals surface area contributed by atoms with Crippen LogP contribution < -0.4 is 5.32 Å². The fourth-order valence-corrected chi connectivity index (χ4v) is 2.06. The van der Waals surface area contributed by atoms with E-state index in [1.165, 1.54) is 11.1 Å². The van der Waals surface area contributed by atoms with E-state index >= 15 is 0 Å². The van der Waals surface area contributed by atoms with Gasteiger partial charge < -0.3 is 10.1 Å². The smallest absolute Gasteiger partial charge is 0.116 e. The van der Waals surface area contributed by atoms with Gasteiger partial charge in [0.1, 0.15) is 5.41 Å². The fraction of sp³-hybridized carbons (Fsp3) is 0.533. The van der Waals surface area contributed by atoms with E-state index in [-0.39, 0.29) is 5.41 Å². The van der Waals surface area contributed by atoms with Crippen molar-refractivity contribution in [2.24, 2.45) is 5.41 Å². The molecule has 1 aliphatic rings. The van der Waals surface area contributed by atoms with Gasteiger partial charge in [0.2, 0.25) is 0 Å². The summed E-state index contributed by atoms with van der Waals surface area (Å²) in [4.78, 5) is 0. The molecule has 96 valence electrons. The number of ether oxygens (including phenoxy) is 1. The Kier molecular flexibility index (Phi) is 4.35. The third kappa shape index (κ3) is 3.10. The van der Waals surface area contributed by atoms with E-state index in [1.54, 1.807) is 0 Å². The van der Waals surface area contributed by atoms with Crippen molar-refractivity contribution in [3.05, 3.63) is 35.4 Å². The largest absolute Gasteiger partial charge is 0.378 e. The Morgan fingerprint density at radius 2 is 1.94 bits per heavy atom. The van der Waals surface area contributed by atoms with Gasteiger partial charge in [0, 0.05) is 6.54 Å². The summed E-state index contributed by atoms with van der Waals surface area (Å²) in [5.41, 5.74) is 2.45. The first-order valence-electron chi connectivity index (χ1n) is 6.55. The molecule has 1 saturated heterocycles. The third-order valence-electron chi connectivity index (χ3n) is 3.48. The molecule has 1 aliphatic heterocycles. The van der Waals surface area contributed by atoms with E-state index in [0.717, 1.165) is 25.9 Å². The zero-order valence-electron chi connectivity index (χ0n) is 10.9. The number of benzene rings is 1. The van der Waals surface area contributed by atoms with Crippen LogP contribution in [0.15, 0.2) is 24.3 Å². The topological polar surface area (TPSA) is 45.0 Å². The normalized spacial score (nSPS) is 16.9. The lowest BCUT2D eigenvalue weighted by atomic mass is 9.88. The van der Waals surface area contributed by atoms with Crippen molar-refractivity contribution >= 4 is 0 Å². The van der Waals surface area contributed by atoms with E-state index in [0.29, 0.717) is 13.2 Å². The van der Waals surface area contributed by atoms with Crippen LogP contribution in [0, 0.1) is 16.7 Å². The van der Waals surface area contributed by atoms with Gasteiger partial charge in [-0.25, -0.2) is 0 Å². The van der Waals surface area contributed by atoms with E-state index in [2.05, 4.69) is 42.6 Å². The molecule has 3 nitrogen and oxygen atoms in total. The lowest BCUT2D eigenvalue weighted by molar-refractivity contribution is -0.0752. The first-order valence-corrected chi connectivity index (χ1v) is 6.55. The number of rotatable bonds is 6. The van der Waals surface area contributed by atoms with Crippen molar-refractivity contribution in [2.75, 3.05) is 26.3 Å². The molecular formula is C15H20N2O. The standard InChI is InChI=1S/C15H20N2O/c1-2-13-3-5-14(6-4-13)7-8-17-10-15(9-16)11-18-12-15/h3-6,17H,2,7-8,10-12H2,1H3. The third-order valence-corrected chi connectivity index (χ3v) is 3.48. The summed E-state index contributed by atoms with van der Waals surface area (Å²) >= 11 is 0. The van der Waals surface area contributed by atoms with Gasteiger partial charge in [-0.05, 0) is 30.5 Å². The molecule has 0 amide bonds. The highest BCUT2D eigenvalue weighted by Crippen LogP contribution is 2.25. The molecule has 18 heavy (non-hydrogen) atoms. The molecule has 1 fully saturated rings. The highest BCUT2D eigenvalue weighted by Gasteiger charge is 2.38. The second-order valence-electron chi connectivity index (χ2n) is 4.98. The molecule has 1 aromatic carbocycles. The maximum Gasteiger partial charge on any atom is 0.116 e. The van der Waals surface area contributed by atoms with Gasteiger partial charge in [0.05, 0.1) is 19.3 Å². The van der Waals surface area contributed by atoms with Crippen molar-refractivity contribution in [1.82, 2.24) is 5.32 Å². The zero-order chi connectivity index (χ0) is 12.8. The number of nitrogens with one attached hydrogen (secondary N) is 1. The first kappa shape index (κ1) is 13.1. The van der Waals surface area contributed by atoms with E-state index < -0.39 is 0 Å². The summed E-state index contributed by atoms with van der Waals surface area (Å²) in [6, 6.07) is 11.1. The van der Waals surface area contributed by atoms with E-state index in [1.807, 2.05) is 0 Å². The van der Waals surface area contributed by atoms with Crippen LogP contribution in [-0.2, 0) is 17.6 Å². The second kappa shape index (κ2) is 5.99. The molecular weight excluding hydrogens is 224 g/mol. The Morgan fingerprint density at radius 3 is 2.44 bits per heavy atom. The van der Waals surface area contributed by atoms with Crippen LogP contribution in [0.2, 0.25) is 0 Å². The Labute approximate surface area is 109 Å². The van der Waals surface area contributed by atoms with Crippen LogP contribution in [0.3, 0.4) is 0 Å². The predicted octanol–water partition coefficient (Wildman–Crippen LogP) is 1.92. The number of nitrogens with zero attached hydrogens (tertiary/aromatic N) is 1. The van der Waals surface area contributed by atoms with Crippen LogP contribution in [0.25, 0.3) is 0 Å². The Morgan fingerprint density at radius 1 is 1.28 bits per heavy atom. The van der Waals surface area contributed by atoms with Crippen molar-refractivity contribution in [2.45, 2.75) is 19.8 Å². The summed E-state index contributed by atoms with van der Waals surface area (Å²) in [6.45, 7) is 4.95. The SMILES string of the molecule is CCc1ccc(CCNCC2(C#N)COC2)cc1. The lowest BCUT2D eigenvalue weighted by Gasteiger charge is -2.35. The number of hydrogen-bond acceptors (Lipinski definition) is 3. The first-order chi connectivity index (χ1) is 8.78. The monoisotopic (exact) mass is 244 g/mol. The average Bonchev–Trinajstić information content (AvgIpc) is 2.38. The predicted molar refractivity (Wildman–Crippen MR) is 71.3 cm³/mol. The molecule has 1 N–H and O–H groups in total. The second-order valence-corrected chi connectivity index (χ2v) is 4.98. The molecule has 1 heterocycles. The maximum absolute atomic E-state index is 9.04. The van der Waals surface area contributed by atoms with Gasteiger partial charge in [-0.15, -0.1) is 0 Å². The molecule has 0 aromatic heterocycles. The average molecular weight is 244 g/mol. The fourth-order valence-electron chi connectivity index (χ4n) is 2.06. The summed E-state index contributed by atoms with van der Waals surface area (Å²) in [7, 11) is 0. The summed E-state index contributed by atoms with van der Waals surface area (Å²) < 4.78 is 5.11. The molecule has 0 atom stereocenters. The number of aryl methyl sites for hydroxylation is 1. The van der Waals surface area contributed by atoms with E-state index in [9.17, 15) is 0 Å². The van der Waals surface area contributed by atoms with Gasteiger partial charge in [0.15, 0.2) is 0 Å². The molecule has 0 unspecified atom stereocenters. The highest BCUT2D eigenvalue weighted by molar-refractivity contribution is 5.22. The van der Waals surface area contributed by atoms with Gasteiger partial charge in [-0.2, -0.15) is 5.26 Å². The van der Waals surface area contributed by atoms with E-state index in [4.69, 9.17) is 10.00 Å². The number of hydrogen-bond donors (Lipinski definition) is 1. The van der Waals surface area contributed by atoms with Crippen molar-refractivity contribution in [1.29, 1.82) is 5.26 Å². The maximum atomic E-state index is 9.04. The number of nitriles is 1. The molecule has 0 aliphatic carbocycles. The zero-order valence-corrected chi connectivity index (χ0v) is 10.9. The molecule has 0 bridgehead atoms. The van der Waals surface area contributed by atoms with Crippen molar-refractivity contribution in [3.8, 4) is 6.07 Å². The van der Waals surface area contributed by atoms with Crippen LogP contribution in [-0.4, -0.2) is 26.3 Å². The molecule has 1 aromatic rings. The molecule has 0 radical (unpaired) electrons. The van der Waals surface area contributed by atoms with Gasteiger partial charge >= 0.3 is 0 Å². The Bertz CT molecular complexity index is 415. The van der Waals surface area contributed by atoms with Crippen molar-refractivity contribution in [3.63, 3.8) is 0 Å². The van der Waals surface area contributed by atoms with Crippen LogP contribution in [0.1, 0.15) is 18.1 Å². The van der Waals surface area contributed by atoms with Crippen LogP contribution in [0.5, 0.6) is 0 Å². The van der Waals surface area contributed by atoms with Crippen LogP contribution >= 0.6 is 0 Å². The van der Waals surface area contributed by atoms with Crippen molar-refractivity contribution < 1.29 is 4.74 Å². The molecule has 2 rings (SSSR count). The summed E-state index contributed by atoms with van der Waals surface area (Å²) in [5, 5.41) is 12.4. The van der Waals surface area contributed by atoms with Gasteiger partial charge in [0.25, 0.3) is 0 Å². The molecule has 0 spiro atoms.